The summed E-state index contributed by atoms with van der Waals surface area (Å²) in [5, 5.41) is 6.66. The van der Waals surface area contributed by atoms with Crippen molar-refractivity contribution in [1.29, 1.82) is 0 Å². The lowest BCUT2D eigenvalue weighted by atomic mass is 10.3. The van der Waals surface area contributed by atoms with Gasteiger partial charge in [-0.15, -0.1) is 22.7 Å². The number of hydrogen-bond donors (Lipinski definition) is 1. The number of thiophene rings is 1. The molecule has 0 radical (unpaired) electrons. The second kappa shape index (κ2) is 6.96. The summed E-state index contributed by atoms with van der Waals surface area (Å²) in [5.74, 6) is -0.540. The Balaban J connectivity index is 1.95. The van der Waals surface area contributed by atoms with Crippen LogP contribution < -0.4 is 5.32 Å². The number of anilines is 1. The third-order valence-electron chi connectivity index (χ3n) is 2.23. The van der Waals surface area contributed by atoms with E-state index in [9.17, 15) is 9.59 Å². The summed E-state index contributed by atoms with van der Waals surface area (Å²) in [5.41, 5.74) is 1.17. The van der Waals surface area contributed by atoms with Crippen molar-refractivity contribution in [3.05, 3.63) is 31.9 Å². The molecule has 1 amide bonds. The number of carbonyl (C=O) groups is 2. The van der Waals surface area contributed by atoms with E-state index in [1.807, 2.05) is 0 Å². The lowest BCUT2D eigenvalue weighted by Gasteiger charge is -1.99. The first-order valence-electron chi connectivity index (χ1n) is 5.74. The third-order valence-corrected chi connectivity index (χ3v) is 4.54. The largest absolute Gasteiger partial charge is 0.466 e. The highest BCUT2D eigenvalue weighted by Crippen LogP contribution is 2.22. The molecular weight excluding hydrogens is 364 g/mol. The van der Waals surface area contributed by atoms with Crippen LogP contribution in [0.2, 0.25) is 0 Å². The third kappa shape index (κ3) is 4.12. The van der Waals surface area contributed by atoms with Crippen LogP contribution in [-0.4, -0.2) is 23.5 Å². The molecule has 8 heteroatoms. The van der Waals surface area contributed by atoms with Crippen molar-refractivity contribution in [2.75, 3.05) is 11.9 Å². The Morgan fingerprint density at radius 1 is 1.40 bits per heavy atom. The Morgan fingerprint density at radius 2 is 2.20 bits per heavy atom. The van der Waals surface area contributed by atoms with E-state index in [2.05, 4.69) is 26.2 Å². The van der Waals surface area contributed by atoms with Crippen molar-refractivity contribution in [2.45, 2.75) is 13.3 Å². The molecule has 20 heavy (non-hydrogen) atoms. The van der Waals surface area contributed by atoms with Gasteiger partial charge >= 0.3 is 5.97 Å². The standard InChI is InChI=1S/C12H11BrN2O3S2/c1-2-18-10(16)4-8-6-20-12(14-8)15-11(17)7-3-9(13)19-5-7/h3,5-6H,2,4H2,1H3,(H,14,15,17). The molecular formula is C12H11BrN2O3S2. The fourth-order valence-corrected chi connectivity index (χ4v) is 3.25. The molecule has 2 heterocycles. The second-order valence-electron chi connectivity index (χ2n) is 3.72. The number of nitrogens with zero attached hydrogens (tertiary/aromatic N) is 1. The quantitative estimate of drug-likeness (QED) is 0.814. The molecule has 0 spiro atoms. The molecule has 106 valence electrons. The molecule has 0 saturated carbocycles. The van der Waals surface area contributed by atoms with E-state index in [1.54, 1.807) is 23.8 Å². The molecule has 1 N–H and O–H groups in total. The van der Waals surface area contributed by atoms with E-state index >= 15 is 0 Å². The van der Waals surface area contributed by atoms with Gasteiger partial charge in [-0.3, -0.25) is 14.9 Å². The van der Waals surface area contributed by atoms with E-state index in [-0.39, 0.29) is 18.3 Å². The molecule has 0 unspecified atom stereocenters. The lowest BCUT2D eigenvalue weighted by molar-refractivity contribution is -0.142. The fraction of sp³-hybridized carbons (Fsp3) is 0.250. The Bertz CT molecular complexity index is 624. The fourth-order valence-electron chi connectivity index (χ4n) is 1.40. The van der Waals surface area contributed by atoms with Gasteiger partial charge in [0.15, 0.2) is 5.13 Å². The molecule has 2 aromatic heterocycles. The second-order valence-corrected chi connectivity index (χ2v) is 6.87. The number of aromatic nitrogens is 1. The summed E-state index contributed by atoms with van der Waals surface area (Å²) in [6.45, 7) is 2.10. The summed E-state index contributed by atoms with van der Waals surface area (Å²) in [4.78, 5) is 27.4. The van der Waals surface area contributed by atoms with Crippen LogP contribution >= 0.6 is 38.6 Å². The molecule has 0 bridgehead atoms. The zero-order valence-electron chi connectivity index (χ0n) is 10.5. The summed E-state index contributed by atoms with van der Waals surface area (Å²) < 4.78 is 5.74. The maximum Gasteiger partial charge on any atom is 0.311 e. The molecule has 0 aliphatic carbocycles. The van der Waals surface area contributed by atoms with E-state index < -0.39 is 0 Å². The van der Waals surface area contributed by atoms with Gasteiger partial charge in [-0.05, 0) is 28.9 Å². The normalized spacial score (nSPS) is 10.3. The Hall–Kier alpha value is -1.25. The Labute approximate surface area is 132 Å². The van der Waals surface area contributed by atoms with Gasteiger partial charge in [-0.2, -0.15) is 0 Å². The SMILES string of the molecule is CCOC(=O)Cc1csc(NC(=O)c2csc(Br)c2)n1. The number of carbonyl (C=O) groups excluding carboxylic acids is 2. The molecule has 2 rings (SSSR count). The van der Waals surface area contributed by atoms with Crippen LogP contribution in [0, 0.1) is 0 Å². The molecule has 0 atom stereocenters. The molecule has 5 nitrogen and oxygen atoms in total. The van der Waals surface area contributed by atoms with Crippen LogP contribution in [0.1, 0.15) is 23.0 Å². The van der Waals surface area contributed by atoms with Gasteiger partial charge in [0.1, 0.15) is 0 Å². The van der Waals surface area contributed by atoms with Crippen LogP contribution in [0.15, 0.2) is 20.6 Å². The predicted molar refractivity (Wildman–Crippen MR) is 82.4 cm³/mol. The average Bonchev–Trinajstić information content (AvgIpc) is 2.99. The number of rotatable bonds is 5. The van der Waals surface area contributed by atoms with Gasteiger partial charge in [0.2, 0.25) is 0 Å². The van der Waals surface area contributed by atoms with E-state index in [1.165, 1.54) is 22.7 Å². The minimum absolute atomic E-state index is 0.115. The monoisotopic (exact) mass is 374 g/mol. The summed E-state index contributed by atoms with van der Waals surface area (Å²) in [6.07, 6.45) is 0.115. The first-order valence-corrected chi connectivity index (χ1v) is 8.29. The molecule has 0 fully saturated rings. The lowest BCUT2D eigenvalue weighted by Crippen LogP contribution is -2.11. The van der Waals surface area contributed by atoms with Gasteiger partial charge in [0.05, 0.1) is 28.1 Å². The number of hydrogen-bond acceptors (Lipinski definition) is 6. The van der Waals surface area contributed by atoms with Crippen molar-refractivity contribution in [2.24, 2.45) is 0 Å². The van der Waals surface area contributed by atoms with Gasteiger partial charge in [0.25, 0.3) is 5.91 Å². The summed E-state index contributed by atoms with van der Waals surface area (Å²) in [6, 6.07) is 1.74. The molecule has 0 aromatic carbocycles. The highest BCUT2D eigenvalue weighted by molar-refractivity contribution is 9.11. The number of esters is 1. The van der Waals surface area contributed by atoms with Crippen LogP contribution in [0.3, 0.4) is 0 Å². The van der Waals surface area contributed by atoms with Crippen molar-refractivity contribution >= 4 is 55.6 Å². The molecule has 0 saturated heterocycles. The van der Waals surface area contributed by atoms with Crippen LogP contribution in [0.4, 0.5) is 5.13 Å². The number of halogens is 1. The smallest absolute Gasteiger partial charge is 0.311 e. The van der Waals surface area contributed by atoms with Crippen molar-refractivity contribution < 1.29 is 14.3 Å². The summed E-state index contributed by atoms with van der Waals surface area (Å²) in [7, 11) is 0. The topological polar surface area (TPSA) is 68.3 Å². The molecule has 0 aliphatic rings. The Morgan fingerprint density at radius 3 is 2.85 bits per heavy atom. The molecule has 0 aliphatic heterocycles. The van der Waals surface area contributed by atoms with E-state index in [0.717, 1.165) is 3.79 Å². The Kier molecular flexibility index (Phi) is 5.27. The van der Waals surface area contributed by atoms with Gasteiger partial charge in [-0.1, -0.05) is 0 Å². The van der Waals surface area contributed by atoms with Crippen LogP contribution in [-0.2, 0) is 16.0 Å². The minimum Gasteiger partial charge on any atom is -0.466 e. The summed E-state index contributed by atoms with van der Waals surface area (Å²) >= 11 is 6.03. The maximum atomic E-state index is 11.9. The average molecular weight is 375 g/mol. The highest BCUT2D eigenvalue weighted by atomic mass is 79.9. The van der Waals surface area contributed by atoms with E-state index in [4.69, 9.17) is 4.74 Å². The maximum absolute atomic E-state index is 11.9. The highest BCUT2D eigenvalue weighted by Gasteiger charge is 2.12. The zero-order valence-corrected chi connectivity index (χ0v) is 13.7. The van der Waals surface area contributed by atoms with Gasteiger partial charge in [-0.25, -0.2) is 4.98 Å². The minimum atomic E-state index is -0.322. The van der Waals surface area contributed by atoms with Gasteiger partial charge < -0.3 is 4.74 Å². The molecule has 2 aromatic rings. The van der Waals surface area contributed by atoms with Gasteiger partial charge in [0, 0.05) is 10.8 Å². The predicted octanol–water partition coefficient (Wildman–Crippen LogP) is 3.33. The number of nitrogens with one attached hydrogen (secondary N) is 1. The number of ether oxygens (including phenoxy) is 1. The van der Waals surface area contributed by atoms with Crippen molar-refractivity contribution in [3.8, 4) is 0 Å². The van der Waals surface area contributed by atoms with E-state index in [0.29, 0.717) is 23.0 Å². The zero-order chi connectivity index (χ0) is 14.5. The first kappa shape index (κ1) is 15.1. The number of thiazole rings is 1. The van der Waals surface area contributed by atoms with Crippen molar-refractivity contribution in [3.63, 3.8) is 0 Å². The van der Waals surface area contributed by atoms with Crippen molar-refractivity contribution in [1.82, 2.24) is 4.98 Å². The first-order chi connectivity index (χ1) is 9.58. The number of amides is 1. The van der Waals surface area contributed by atoms with Crippen LogP contribution in [0.25, 0.3) is 0 Å². The van der Waals surface area contributed by atoms with Crippen LogP contribution in [0.5, 0.6) is 0 Å².